The van der Waals surface area contributed by atoms with Crippen LogP contribution < -0.4 is 0 Å². The Morgan fingerprint density at radius 1 is 1.26 bits per heavy atom. The molecule has 1 aromatic heterocycles. The quantitative estimate of drug-likeness (QED) is 0.760. The molecule has 0 aliphatic rings. The smallest absolute Gasteiger partial charge is 0.0946 e. The second kappa shape index (κ2) is 6.51. The van der Waals surface area contributed by atoms with Crippen LogP contribution in [0.4, 0.5) is 0 Å². The Hall–Kier alpha value is -0.900. The van der Waals surface area contributed by atoms with Crippen molar-refractivity contribution in [3.63, 3.8) is 0 Å². The first kappa shape index (κ1) is 16.2. The van der Waals surface area contributed by atoms with Gasteiger partial charge >= 0.3 is 0 Å². The Morgan fingerprint density at radius 3 is 2.42 bits per heavy atom. The van der Waals surface area contributed by atoms with E-state index in [1.165, 1.54) is 6.42 Å². The van der Waals surface area contributed by atoms with E-state index in [0.717, 1.165) is 24.7 Å². The van der Waals surface area contributed by atoms with Crippen molar-refractivity contribution in [2.75, 3.05) is 7.05 Å². The molecule has 1 rings (SSSR count). The molecule has 0 amide bonds. The molecule has 1 heterocycles. The van der Waals surface area contributed by atoms with E-state index in [4.69, 9.17) is 0 Å². The van der Waals surface area contributed by atoms with Gasteiger partial charge in [0.1, 0.15) is 0 Å². The normalized spacial score (nSPS) is 12.9. The van der Waals surface area contributed by atoms with Gasteiger partial charge in [-0.15, -0.1) is 5.10 Å². The van der Waals surface area contributed by atoms with Crippen LogP contribution in [0.25, 0.3) is 0 Å². The van der Waals surface area contributed by atoms with Crippen LogP contribution in [-0.4, -0.2) is 33.0 Å². The average Bonchev–Trinajstić information content (AvgIpc) is 2.61. The molecule has 4 nitrogen and oxygen atoms in total. The van der Waals surface area contributed by atoms with E-state index >= 15 is 0 Å². The number of aromatic nitrogens is 3. The van der Waals surface area contributed by atoms with Gasteiger partial charge in [0.15, 0.2) is 0 Å². The van der Waals surface area contributed by atoms with Gasteiger partial charge in [0.2, 0.25) is 0 Å². The molecule has 0 unspecified atom stereocenters. The summed E-state index contributed by atoms with van der Waals surface area (Å²) in [5.74, 6) is 0.720. The predicted octanol–water partition coefficient (Wildman–Crippen LogP) is 3.19. The maximum absolute atomic E-state index is 4.31. The average molecular weight is 266 g/mol. The van der Waals surface area contributed by atoms with Crippen LogP contribution in [0.15, 0.2) is 6.20 Å². The Bertz CT molecular complexity index is 379. The van der Waals surface area contributed by atoms with E-state index < -0.39 is 0 Å². The Labute approximate surface area is 118 Å². The van der Waals surface area contributed by atoms with E-state index in [1.54, 1.807) is 0 Å². The number of hydrogen-bond donors (Lipinski definition) is 0. The van der Waals surface area contributed by atoms with Crippen LogP contribution in [0.2, 0.25) is 0 Å². The van der Waals surface area contributed by atoms with Gasteiger partial charge in [-0.3, -0.25) is 4.90 Å². The maximum atomic E-state index is 4.31. The largest absolute Gasteiger partial charge is 0.285 e. The van der Waals surface area contributed by atoms with E-state index in [-0.39, 0.29) is 0 Å². The minimum Gasteiger partial charge on any atom is -0.285 e. The Morgan fingerprint density at radius 2 is 1.89 bits per heavy atom. The first-order chi connectivity index (χ1) is 8.69. The van der Waals surface area contributed by atoms with Gasteiger partial charge in [0.25, 0.3) is 0 Å². The fraction of sp³-hybridized carbons (Fsp3) is 0.867. The van der Waals surface area contributed by atoms with Crippen molar-refractivity contribution in [2.24, 2.45) is 11.3 Å². The third-order valence-corrected chi connectivity index (χ3v) is 3.46. The van der Waals surface area contributed by atoms with Crippen molar-refractivity contribution in [1.29, 1.82) is 0 Å². The Balaban J connectivity index is 2.60. The van der Waals surface area contributed by atoms with Gasteiger partial charge in [0, 0.05) is 12.2 Å². The molecule has 0 bridgehead atoms. The molecule has 0 saturated carbocycles. The molecule has 0 aliphatic carbocycles. The zero-order valence-electron chi connectivity index (χ0n) is 13.6. The second-order valence-electron chi connectivity index (χ2n) is 7.18. The van der Waals surface area contributed by atoms with Crippen molar-refractivity contribution in [2.45, 2.75) is 67.1 Å². The molecule has 4 heteroatoms. The molecule has 0 N–H and O–H groups in total. The van der Waals surface area contributed by atoms with Gasteiger partial charge in [-0.2, -0.15) is 0 Å². The van der Waals surface area contributed by atoms with Crippen LogP contribution in [0.5, 0.6) is 0 Å². The first-order valence-electron chi connectivity index (χ1n) is 7.29. The highest BCUT2D eigenvalue weighted by Crippen LogP contribution is 2.28. The highest BCUT2D eigenvalue weighted by molar-refractivity contribution is 4.97. The Kier molecular flexibility index (Phi) is 5.53. The summed E-state index contributed by atoms with van der Waals surface area (Å²) in [5, 5.41) is 8.53. The van der Waals surface area contributed by atoms with Crippen molar-refractivity contribution in [3.05, 3.63) is 11.9 Å². The summed E-state index contributed by atoms with van der Waals surface area (Å²) in [5.41, 5.74) is 1.39. The van der Waals surface area contributed by atoms with Gasteiger partial charge in [-0.25, -0.2) is 4.68 Å². The summed E-state index contributed by atoms with van der Waals surface area (Å²) in [6.07, 6.45) is 4.29. The lowest BCUT2D eigenvalue weighted by atomic mass is 9.80. The molecule has 0 saturated heterocycles. The lowest BCUT2D eigenvalue weighted by Crippen LogP contribution is -2.28. The van der Waals surface area contributed by atoms with E-state index in [2.05, 4.69) is 70.0 Å². The van der Waals surface area contributed by atoms with E-state index in [9.17, 15) is 0 Å². The van der Waals surface area contributed by atoms with Crippen molar-refractivity contribution in [1.82, 2.24) is 19.9 Å². The minimum absolute atomic E-state index is 0.291. The van der Waals surface area contributed by atoms with Crippen LogP contribution in [0.1, 0.15) is 53.7 Å². The molecule has 0 aromatic carbocycles. The summed E-state index contributed by atoms with van der Waals surface area (Å²) in [7, 11) is 2.11. The number of nitrogens with zero attached hydrogens (tertiary/aromatic N) is 4. The lowest BCUT2D eigenvalue weighted by Gasteiger charge is -2.25. The molecule has 0 fully saturated rings. The van der Waals surface area contributed by atoms with Crippen LogP contribution in [0, 0.1) is 11.3 Å². The molecular formula is C15H30N4. The van der Waals surface area contributed by atoms with E-state index in [0.29, 0.717) is 11.5 Å². The second-order valence-corrected chi connectivity index (χ2v) is 7.18. The fourth-order valence-electron chi connectivity index (χ4n) is 2.55. The summed E-state index contributed by atoms with van der Waals surface area (Å²) in [6, 6.07) is 0.519. The summed E-state index contributed by atoms with van der Waals surface area (Å²) in [6.45, 7) is 14.3. The van der Waals surface area contributed by atoms with Gasteiger partial charge in [-0.05, 0) is 45.1 Å². The molecular weight excluding hydrogens is 236 g/mol. The minimum atomic E-state index is 0.291. The molecule has 0 radical (unpaired) electrons. The summed E-state index contributed by atoms with van der Waals surface area (Å²) in [4.78, 5) is 2.25. The zero-order valence-corrected chi connectivity index (χ0v) is 13.6. The molecule has 0 spiro atoms. The lowest BCUT2D eigenvalue weighted by molar-refractivity contribution is 0.205. The molecule has 0 atom stereocenters. The molecule has 1 aromatic rings. The topological polar surface area (TPSA) is 34.0 Å². The molecule has 19 heavy (non-hydrogen) atoms. The highest BCUT2D eigenvalue weighted by atomic mass is 15.5. The van der Waals surface area contributed by atoms with Crippen molar-refractivity contribution >= 4 is 0 Å². The van der Waals surface area contributed by atoms with Gasteiger partial charge in [-0.1, -0.05) is 32.9 Å². The fourth-order valence-corrected chi connectivity index (χ4v) is 2.55. The van der Waals surface area contributed by atoms with Gasteiger partial charge < -0.3 is 0 Å². The monoisotopic (exact) mass is 266 g/mol. The standard InChI is InChI=1S/C15H30N4/c1-12(2)8-15(5,6)9-14-10-19(17-16-14)11-18(7)13(3)4/h10,12-13H,8-9,11H2,1-7H3. The summed E-state index contributed by atoms with van der Waals surface area (Å²) >= 11 is 0. The van der Waals surface area contributed by atoms with E-state index in [1.807, 2.05) is 4.68 Å². The highest BCUT2D eigenvalue weighted by Gasteiger charge is 2.21. The first-order valence-corrected chi connectivity index (χ1v) is 7.29. The third-order valence-electron chi connectivity index (χ3n) is 3.46. The maximum Gasteiger partial charge on any atom is 0.0946 e. The predicted molar refractivity (Wildman–Crippen MR) is 79.9 cm³/mol. The number of hydrogen-bond acceptors (Lipinski definition) is 3. The van der Waals surface area contributed by atoms with Crippen LogP contribution in [0.3, 0.4) is 0 Å². The molecule has 110 valence electrons. The van der Waals surface area contributed by atoms with Crippen LogP contribution in [-0.2, 0) is 13.1 Å². The third kappa shape index (κ3) is 5.72. The molecule has 0 aliphatic heterocycles. The van der Waals surface area contributed by atoms with Crippen molar-refractivity contribution < 1.29 is 0 Å². The van der Waals surface area contributed by atoms with Crippen molar-refractivity contribution in [3.8, 4) is 0 Å². The zero-order chi connectivity index (χ0) is 14.6. The summed E-state index contributed by atoms with van der Waals surface area (Å²) < 4.78 is 1.93. The van der Waals surface area contributed by atoms with Crippen LogP contribution >= 0.6 is 0 Å². The SMILES string of the molecule is CC(C)CC(C)(C)Cc1cn(CN(C)C(C)C)nn1. The number of rotatable bonds is 7. The van der Waals surface area contributed by atoms with Gasteiger partial charge in [0.05, 0.1) is 12.4 Å².